The summed E-state index contributed by atoms with van der Waals surface area (Å²) < 4.78 is 10.8. The molecule has 0 fully saturated rings. The van der Waals surface area contributed by atoms with Gasteiger partial charge in [-0.2, -0.15) is 0 Å². The number of nitrogens with zero attached hydrogens (tertiary/aromatic N) is 1. The van der Waals surface area contributed by atoms with Crippen molar-refractivity contribution in [2.24, 2.45) is 5.73 Å². The van der Waals surface area contributed by atoms with Crippen molar-refractivity contribution in [2.45, 2.75) is 38.8 Å². The van der Waals surface area contributed by atoms with Crippen molar-refractivity contribution in [3.05, 3.63) is 29.3 Å². The number of rotatable bonds is 7. The van der Waals surface area contributed by atoms with Crippen LogP contribution in [0.3, 0.4) is 0 Å². The predicted molar refractivity (Wildman–Crippen MR) is 85.8 cm³/mol. The Balaban J connectivity index is 2.09. The molecule has 0 heterocycles. The molecule has 4 heteroatoms. The van der Waals surface area contributed by atoms with E-state index in [-0.39, 0.29) is 6.04 Å². The van der Waals surface area contributed by atoms with Gasteiger partial charge in [0, 0.05) is 25.2 Å². The largest absolute Gasteiger partial charge is 0.497 e. The Morgan fingerprint density at radius 2 is 2.14 bits per heavy atom. The quantitative estimate of drug-likeness (QED) is 0.784. The highest BCUT2D eigenvalue weighted by molar-refractivity contribution is 5.40. The summed E-state index contributed by atoms with van der Waals surface area (Å²) in [6.45, 7) is 7.75. The molecule has 2 N–H and O–H groups in total. The van der Waals surface area contributed by atoms with Crippen LogP contribution in [0.4, 0.5) is 0 Å². The first kappa shape index (κ1) is 16.3. The molecule has 1 aromatic carbocycles. The lowest BCUT2D eigenvalue weighted by Crippen LogP contribution is -2.46. The average Bonchev–Trinajstić information content (AvgIpc) is 2.52. The molecule has 0 saturated carbocycles. The van der Waals surface area contributed by atoms with E-state index in [1.165, 1.54) is 11.1 Å². The minimum atomic E-state index is 0.0706. The van der Waals surface area contributed by atoms with Crippen molar-refractivity contribution in [1.29, 1.82) is 0 Å². The number of nitrogens with two attached hydrogens (primary N) is 1. The fraction of sp³-hybridized carbons (Fsp3) is 0.647. The summed E-state index contributed by atoms with van der Waals surface area (Å²) in [6, 6.07) is 6.73. The van der Waals surface area contributed by atoms with E-state index in [1.54, 1.807) is 7.11 Å². The lowest BCUT2D eigenvalue weighted by Gasteiger charge is -2.39. The minimum absolute atomic E-state index is 0.0706. The summed E-state index contributed by atoms with van der Waals surface area (Å²) in [5, 5.41) is 0. The molecule has 4 nitrogen and oxygen atoms in total. The molecule has 1 aliphatic carbocycles. The Kier molecular flexibility index (Phi) is 6.03. The van der Waals surface area contributed by atoms with Gasteiger partial charge in [-0.05, 0) is 49.6 Å². The SMILES string of the molecule is CCOCCN(CC)C1CCc2cc(OC)ccc2C1N. The third kappa shape index (κ3) is 3.76. The van der Waals surface area contributed by atoms with Gasteiger partial charge in [-0.1, -0.05) is 13.0 Å². The molecular formula is C17H28N2O2. The summed E-state index contributed by atoms with van der Waals surface area (Å²) in [4.78, 5) is 2.45. The van der Waals surface area contributed by atoms with Crippen LogP contribution < -0.4 is 10.5 Å². The van der Waals surface area contributed by atoms with Crippen LogP contribution in [-0.4, -0.2) is 44.4 Å². The Bertz CT molecular complexity index is 450. The summed E-state index contributed by atoms with van der Waals surface area (Å²) in [7, 11) is 1.71. The third-order valence-corrected chi connectivity index (χ3v) is 4.44. The molecule has 2 unspecified atom stereocenters. The second-order valence-corrected chi connectivity index (χ2v) is 5.52. The number of methoxy groups -OCH3 is 1. The maximum atomic E-state index is 6.54. The number of fused-ring (bicyclic) bond motifs is 1. The highest BCUT2D eigenvalue weighted by Crippen LogP contribution is 2.33. The molecule has 118 valence electrons. The molecule has 21 heavy (non-hydrogen) atoms. The summed E-state index contributed by atoms with van der Waals surface area (Å²) in [6.07, 6.45) is 2.16. The van der Waals surface area contributed by atoms with Crippen LogP contribution in [0.25, 0.3) is 0 Å². The molecule has 2 atom stereocenters. The van der Waals surface area contributed by atoms with Gasteiger partial charge < -0.3 is 15.2 Å². The lowest BCUT2D eigenvalue weighted by molar-refractivity contribution is 0.0845. The van der Waals surface area contributed by atoms with Gasteiger partial charge in [-0.15, -0.1) is 0 Å². The summed E-state index contributed by atoms with van der Waals surface area (Å²) >= 11 is 0. The van der Waals surface area contributed by atoms with E-state index in [1.807, 2.05) is 13.0 Å². The molecule has 0 bridgehead atoms. The maximum Gasteiger partial charge on any atom is 0.119 e. The zero-order chi connectivity index (χ0) is 15.2. The predicted octanol–water partition coefficient (Wildman–Crippen LogP) is 2.37. The first-order valence-electron chi connectivity index (χ1n) is 7.95. The zero-order valence-electron chi connectivity index (χ0n) is 13.5. The van der Waals surface area contributed by atoms with Crippen LogP contribution in [0, 0.1) is 0 Å². The van der Waals surface area contributed by atoms with Crippen molar-refractivity contribution in [3.8, 4) is 5.75 Å². The fourth-order valence-corrected chi connectivity index (χ4v) is 3.24. The summed E-state index contributed by atoms with van der Waals surface area (Å²) in [5.74, 6) is 0.920. The van der Waals surface area contributed by atoms with Crippen LogP contribution in [-0.2, 0) is 11.2 Å². The number of ether oxygens (including phenoxy) is 2. The van der Waals surface area contributed by atoms with Crippen LogP contribution >= 0.6 is 0 Å². The van der Waals surface area contributed by atoms with Crippen LogP contribution in [0.1, 0.15) is 37.4 Å². The van der Waals surface area contributed by atoms with Gasteiger partial charge in [0.1, 0.15) is 5.75 Å². The smallest absolute Gasteiger partial charge is 0.119 e. The van der Waals surface area contributed by atoms with Crippen molar-refractivity contribution in [1.82, 2.24) is 4.90 Å². The highest BCUT2D eigenvalue weighted by atomic mass is 16.5. The molecule has 0 saturated heterocycles. The average molecular weight is 292 g/mol. The van der Waals surface area contributed by atoms with Crippen LogP contribution in [0.5, 0.6) is 5.75 Å². The number of aryl methyl sites for hydroxylation is 1. The van der Waals surface area contributed by atoms with E-state index >= 15 is 0 Å². The first-order valence-corrected chi connectivity index (χ1v) is 7.95. The maximum absolute atomic E-state index is 6.54. The number of hydrogen-bond donors (Lipinski definition) is 1. The van der Waals surface area contributed by atoms with Gasteiger partial charge >= 0.3 is 0 Å². The Morgan fingerprint density at radius 3 is 2.81 bits per heavy atom. The highest BCUT2D eigenvalue weighted by Gasteiger charge is 2.30. The van der Waals surface area contributed by atoms with Gasteiger partial charge in [-0.25, -0.2) is 0 Å². The van der Waals surface area contributed by atoms with Crippen LogP contribution in [0.2, 0.25) is 0 Å². The Morgan fingerprint density at radius 1 is 1.33 bits per heavy atom. The normalized spacial score (nSPS) is 21.4. The topological polar surface area (TPSA) is 47.7 Å². The molecule has 0 radical (unpaired) electrons. The van der Waals surface area contributed by atoms with E-state index in [0.29, 0.717) is 6.04 Å². The molecule has 0 aliphatic heterocycles. The van der Waals surface area contributed by atoms with Gasteiger partial charge in [0.05, 0.1) is 13.7 Å². The Labute approximate surface area is 128 Å². The van der Waals surface area contributed by atoms with Gasteiger partial charge in [0.25, 0.3) is 0 Å². The van der Waals surface area contributed by atoms with Crippen molar-refractivity contribution in [2.75, 3.05) is 33.4 Å². The van der Waals surface area contributed by atoms with E-state index < -0.39 is 0 Å². The van der Waals surface area contributed by atoms with Crippen molar-refractivity contribution >= 4 is 0 Å². The summed E-state index contributed by atoms with van der Waals surface area (Å²) in [5.41, 5.74) is 9.14. The van der Waals surface area contributed by atoms with Crippen LogP contribution in [0.15, 0.2) is 18.2 Å². The molecule has 1 aromatic rings. The third-order valence-electron chi connectivity index (χ3n) is 4.44. The van der Waals surface area contributed by atoms with Gasteiger partial charge in [-0.3, -0.25) is 4.90 Å². The Hall–Kier alpha value is -1.10. The van der Waals surface area contributed by atoms with Crippen molar-refractivity contribution < 1.29 is 9.47 Å². The number of hydrogen-bond acceptors (Lipinski definition) is 4. The molecule has 0 aromatic heterocycles. The standard InChI is InChI=1S/C17H28N2O2/c1-4-19(10-11-21-5-2)16-9-6-13-12-14(20-3)7-8-15(13)17(16)18/h7-8,12,16-17H,4-6,9-11,18H2,1-3H3. The molecule has 2 rings (SSSR count). The van der Waals surface area contributed by atoms with E-state index in [9.17, 15) is 0 Å². The number of benzene rings is 1. The first-order chi connectivity index (χ1) is 10.2. The van der Waals surface area contributed by atoms with E-state index in [2.05, 4.69) is 24.0 Å². The van der Waals surface area contributed by atoms with E-state index in [4.69, 9.17) is 15.2 Å². The fourth-order valence-electron chi connectivity index (χ4n) is 3.24. The van der Waals surface area contributed by atoms with Gasteiger partial charge in [0.15, 0.2) is 0 Å². The number of likely N-dealkylation sites (N-methyl/N-ethyl adjacent to an activating group) is 1. The lowest BCUT2D eigenvalue weighted by atomic mass is 9.83. The molecule has 0 amide bonds. The minimum Gasteiger partial charge on any atom is -0.497 e. The molecule has 0 spiro atoms. The van der Waals surface area contributed by atoms with Crippen molar-refractivity contribution in [3.63, 3.8) is 0 Å². The second kappa shape index (κ2) is 7.78. The molecular weight excluding hydrogens is 264 g/mol. The van der Waals surface area contributed by atoms with Gasteiger partial charge in [0.2, 0.25) is 0 Å². The molecule has 1 aliphatic rings. The monoisotopic (exact) mass is 292 g/mol. The van der Waals surface area contributed by atoms with E-state index in [0.717, 1.165) is 44.9 Å². The second-order valence-electron chi connectivity index (χ2n) is 5.52. The zero-order valence-corrected chi connectivity index (χ0v) is 13.5.